The molecule has 4 aromatic rings. The van der Waals surface area contributed by atoms with Crippen LogP contribution in [-0.2, 0) is 12.5 Å². The largest absolute Gasteiger partial charge is 0.460 e. The summed E-state index contributed by atoms with van der Waals surface area (Å²) in [6.45, 7) is 0.795. The Morgan fingerprint density at radius 2 is 1.74 bits per heavy atom. The second-order valence-electron chi connectivity index (χ2n) is 8.50. The summed E-state index contributed by atoms with van der Waals surface area (Å²) in [5.41, 5.74) is 5.12. The van der Waals surface area contributed by atoms with Crippen LogP contribution < -0.4 is 11.1 Å². The number of benzene rings is 1. The SMILES string of the molecule is Cc1cc(Cl)cc(C(N)=O)c1NC(=O)c1cc(Cn2nnc(C(F)(F)C(F)(F)C(F)(F)F)n2)nn1-c1ncccc1Cl. The number of hydrogen-bond acceptors (Lipinski definition) is 7. The van der Waals surface area contributed by atoms with Gasteiger partial charge in [-0.2, -0.15) is 40.6 Å². The van der Waals surface area contributed by atoms with E-state index in [1.807, 2.05) is 0 Å². The van der Waals surface area contributed by atoms with E-state index in [0.29, 0.717) is 5.56 Å². The van der Waals surface area contributed by atoms with Gasteiger partial charge < -0.3 is 11.1 Å². The first kappa shape index (κ1) is 30.6. The maximum atomic E-state index is 14.0. The Morgan fingerprint density at radius 3 is 2.36 bits per heavy atom. The molecule has 1 aromatic carbocycles. The first-order valence-electron chi connectivity index (χ1n) is 11.2. The van der Waals surface area contributed by atoms with Crippen LogP contribution in [0.15, 0.2) is 36.5 Å². The van der Waals surface area contributed by atoms with E-state index in [0.717, 1.165) is 10.7 Å². The quantitative estimate of drug-likeness (QED) is 0.269. The van der Waals surface area contributed by atoms with Gasteiger partial charge in [0.25, 0.3) is 17.6 Å². The molecule has 2 amide bonds. The molecule has 0 atom stereocenters. The van der Waals surface area contributed by atoms with Crippen LogP contribution in [0.3, 0.4) is 0 Å². The zero-order valence-electron chi connectivity index (χ0n) is 20.6. The minimum absolute atomic E-state index is 0.00288. The highest BCUT2D eigenvalue weighted by atomic mass is 35.5. The standard InChI is InChI=1S/C22H14Cl2F7N9O2/c1-9-5-10(23)6-12(16(32)41)15(9)34-18(42)14-7-11(36-40(14)17-13(24)3-2-4-33-17)8-39-37-19(35-38-39)20(25,26)21(27,28)22(29,30)31/h2-7H,8H2,1H3,(H2,32,41)(H,34,42). The van der Waals surface area contributed by atoms with E-state index in [1.54, 1.807) is 0 Å². The first-order chi connectivity index (χ1) is 19.4. The van der Waals surface area contributed by atoms with E-state index in [4.69, 9.17) is 28.9 Å². The number of carbonyl (C=O) groups is 2. The number of nitrogens with one attached hydrogen (secondary N) is 1. The number of nitrogens with zero attached hydrogens (tertiary/aromatic N) is 7. The van der Waals surface area contributed by atoms with Crippen LogP contribution in [0.4, 0.5) is 36.4 Å². The van der Waals surface area contributed by atoms with Crippen molar-refractivity contribution in [3.05, 3.63) is 74.9 Å². The third-order valence-electron chi connectivity index (χ3n) is 5.52. The van der Waals surface area contributed by atoms with Crippen molar-refractivity contribution in [2.75, 3.05) is 5.32 Å². The van der Waals surface area contributed by atoms with Crippen LogP contribution in [0.1, 0.15) is 37.9 Å². The van der Waals surface area contributed by atoms with Gasteiger partial charge in [0, 0.05) is 11.2 Å². The molecule has 0 bridgehead atoms. The number of primary amides is 1. The smallest absolute Gasteiger partial charge is 0.366 e. The highest BCUT2D eigenvalue weighted by Gasteiger charge is 2.75. The van der Waals surface area contributed by atoms with E-state index in [-0.39, 0.29) is 43.3 Å². The molecule has 3 N–H and O–H groups in total. The Bertz CT molecular complexity index is 1690. The number of nitrogens with two attached hydrogens (primary N) is 1. The van der Waals surface area contributed by atoms with Crippen molar-refractivity contribution in [3.8, 4) is 5.82 Å². The van der Waals surface area contributed by atoms with E-state index in [9.17, 15) is 40.3 Å². The highest BCUT2D eigenvalue weighted by Crippen LogP contribution is 2.50. The lowest BCUT2D eigenvalue weighted by Gasteiger charge is -2.25. The predicted octanol–water partition coefficient (Wildman–Crippen LogP) is 4.56. The maximum absolute atomic E-state index is 14.0. The van der Waals surface area contributed by atoms with Crippen molar-refractivity contribution < 1.29 is 40.3 Å². The number of carbonyl (C=O) groups excluding carboxylic acids is 2. The Hall–Kier alpha value is -4.32. The van der Waals surface area contributed by atoms with Crippen LogP contribution in [0.25, 0.3) is 5.82 Å². The molecule has 0 aliphatic carbocycles. The fourth-order valence-corrected chi connectivity index (χ4v) is 4.02. The molecule has 0 radical (unpaired) electrons. The van der Waals surface area contributed by atoms with Crippen LogP contribution >= 0.6 is 23.2 Å². The molecule has 0 aliphatic rings. The number of alkyl halides is 7. The minimum atomic E-state index is -6.61. The predicted molar refractivity (Wildman–Crippen MR) is 131 cm³/mol. The lowest BCUT2D eigenvalue weighted by atomic mass is 10.1. The van der Waals surface area contributed by atoms with Gasteiger partial charge in [-0.05, 0) is 48.0 Å². The zero-order valence-corrected chi connectivity index (χ0v) is 22.1. The number of hydrogen-bond donors (Lipinski definition) is 2. The molecule has 0 aliphatic heterocycles. The number of anilines is 1. The fourth-order valence-electron chi connectivity index (χ4n) is 3.54. The molecule has 20 heteroatoms. The molecule has 0 unspecified atom stereocenters. The second-order valence-corrected chi connectivity index (χ2v) is 9.34. The third kappa shape index (κ3) is 5.58. The normalized spacial score (nSPS) is 12.4. The molecule has 11 nitrogen and oxygen atoms in total. The summed E-state index contributed by atoms with van der Waals surface area (Å²) in [5, 5.41) is 15.5. The van der Waals surface area contributed by atoms with Crippen molar-refractivity contribution in [3.63, 3.8) is 0 Å². The van der Waals surface area contributed by atoms with Crippen molar-refractivity contribution in [1.82, 2.24) is 35.0 Å². The molecule has 4 rings (SSSR count). The molecule has 0 saturated carbocycles. The van der Waals surface area contributed by atoms with Gasteiger partial charge in [-0.1, -0.05) is 23.2 Å². The Labute approximate surface area is 239 Å². The summed E-state index contributed by atoms with van der Waals surface area (Å²) in [5.74, 6) is -16.5. The van der Waals surface area contributed by atoms with Gasteiger partial charge in [-0.25, -0.2) is 9.67 Å². The van der Waals surface area contributed by atoms with E-state index >= 15 is 0 Å². The monoisotopic (exact) mass is 639 g/mol. The highest BCUT2D eigenvalue weighted by molar-refractivity contribution is 6.32. The summed E-state index contributed by atoms with van der Waals surface area (Å²) in [4.78, 5) is 29.6. The van der Waals surface area contributed by atoms with Crippen molar-refractivity contribution in [2.45, 2.75) is 31.5 Å². The lowest BCUT2D eigenvalue weighted by molar-refractivity contribution is -0.361. The average Bonchev–Trinajstić information content (AvgIpc) is 3.53. The molecule has 42 heavy (non-hydrogen) atoms. The van der Waals surface area contributed by atoms with Gasteiger partial charge in [0.2, 0.25) is 0 Å². The fraction of sp³-hybridized carbons (Fsp3) is 0.227. The number of halogens is 9. The topological polar surface area (TPSA) is 146 Å². The number of rotatable bonds is 8. The van der Waals surface area contributed by atoms with Crippen molar-refractivity contribution in [1.29, 1.82) is 0 Å². The Kier molecular flexibility index (Phi) is 7.90. The summed E-state index contributed by atoms with van der Waals surface area (Å²) in [6, 6.07) is 6.59. The van der Waals surface area contributed by atoms with Gasteiger partial charge in [0.05, 0.1) is 22.0 Å². The van der Waals surface area contributed by atoms with Crippen molar-refractivity contribution in [2.24, 2.45) is 5.73 Å². The van der Waals surface area contributed by atoms with Crippen LogP contribution in [0.2, 0.25) is 10.0 Å². The van der Waals surface area contributed by atoms with E-state index in [1.165, 1.54) is 37.4 Å². The molecule has 3 heterocycles. The summed E-state index contributed by atoms with van der Waals surface area (Å²) < 4.78 is 93.3. The summed E-state index contributed by atoms with van der Waals surface area (Å²) >= 11 is 12.2. The van der Waals surface area contributed by atoms with Gasteiger partial charge in [-0.15, -0.1) is 10.2 Å². The minimum Gasteiger partial charge on any atom is -0.366 e. The molecule has 0 spiro atoms. The van der Waals surface area contributed by atoms with E-state index < -0.39 is 42.2 Å². The van der Waals surface area contributed by atoms with Crippen LogP contribution in [0.5, 0.6) is 0 Å². The number of pyridine rings is 1. The number of aromatic nitrogens is 7. The Morgan fingerprint density at radius 1 is 1.05 bits per heavy atom. The zero-order chi connectivity index (χ0) is 31.2. The van der Waals surface area contributed by atoms with Gasteiger partial charge in [-0.3, -0.25) is 9.59 Å². The number of tetrazole rings is 1. The van der Waals surface area contributed by atoms with Crippen LogP contribution in [-0.4, -0.2) is 58.9 Å². The number of amides is 2. The van der Waals surface area contributed by atoms with Crippen molar-refractivity contribution >= 4 is 40.7 Å². The first-order valence-corrected chi connectivity index (χ1v) is 11.9. The molecule has 222 valence electrons. The van der Waals surface area contributed by atoms with Gasteiger partial charge in [0.1, 0.15) is 12.2 Å². The summed E-state index contributed by atoms with van der Waals surface area (Å²) in [7, 11) is 0. The molecular weight excluding hydrogens is 626 g/mol. The molecular formula is C22H14Cl2F7N9O2. The lowest BCUT2D eigenvalue weighted by Crippen LogP contribution is -2.50. The number of aryl methyl sites for hydroxylation is 1. The molecule has 3 aromatic heterocycles. The Balaban J connectivity index is 1.73. The average molecular weight is 640 g/mol. The third-order valence-corrected chi connectivity index (χ3v) is 6.04. The van der Waals surface area contributed by atoms with E-state index in [2.05, 4.69) is 30.8 Å². The van der Waals surface area contributed by atoms with Gasteiger partial charge >= 0.3 is 18.0 Å². The molecule has 0 saturated heterocycles. The summed E-state index contributed by atoms with van der Waals surface area (Å²) in [6.07, 6.45) is -5.31. The van der Waals surface area contributed by atoms with Gasteiger partial charge in [0.15, 0.2) is 5.82 Å². The van der Waals surface area contributed by atoms with Crippen LogP contribution in [0, 0.1) is 6.92 Å². The maximum Gasteiger partial charge on any atom is 0.460 e. The second kappa shape index (κ2) is 10.8. The molecule has 0 fully saturated rings.